The molecule has 0 radical (unpaired) electrons. The lowest BCUT2D eigenvalue weighted by Gasteiger charge is -2.04. The van der Waals surface area contributed by atoms with E-state index in [0.29, 0.717) is 28.5 Å². The molecular formula is C18H14FNO3. The van der Waals surface area contributed by atoms with Crippen LogP contribution in [0, 0.1) is 5.82 Å². The van der Waals surface area contributed by atoms with Crippen molar-refractivity contribution in [3.05, 3.63) is 71.9 Å². The van der Waals surface area contributed by atoms with Crippen LogP contribution in [0.25, 0.3) is 11.5 Å². The summed E-state index contributed by atoms with van der Waals surface area (Å²) in [7, 11) is 0. The number of aromatic nitrogens is 1. The van der Waals surface area contributed by atoms with Crippen molar-refractivity contribution in [1.82, 2.24) is 4.98 Å². The molecule has 0 fully saturated rings. The molecule has 0 saturated heterocycles. The second-order valence-electron chi connectivity index (χ2n) is 5.02. The lowest BCUT2D eigenvalue weighted by Crippen LogP contribution is -1.97. The number of nitrogens with zero attached hydrogens (tertiary/aromatic N) is 1. The molecule has 23 heavy (non-hydrogen) atoms. The Hall–Kier alpha value is -2.95. The molecule has 1 aromatic heterocycles. The molecule has 0 aliphatic carbocycles. The van der Waals surface area contributed by atoms with Gasteiger partial charge in [-0.2, -0.15) is 0 Å². The Kier molecular flexibility index (Phi) is 4.19. The zero-order valence-electron chi connectivity index (χ0n) is 12.5. The van der Waals surface area contributed by atoms with Crippen LogP contribution >= 0.6 is 0 Å². The largest absolute Gasteiger partial charge is 0.487 e. The molecule has 0 aliphatic rings. The SMILES string of the molecule is CC(=O)c1ccc(OCc2coc(-c3cccc(F)c3)n2)cc1. The third kappa shape index (κ3) is 3.63. The van der Waals surface area contributed by atoms with Crippen LogP contribution in [0.5, 0.6) is 5.75 Å². The van der Waals surface area contributed by atoms with Crippen LogP contribution in [0.4, 0.5) is 4.39 Å². The Bertz CT molecular complexity index is 824. The summed E-state index contributed by atoms with van der Waals surface area (Å²) in [4.78, 5) is 15.5. The molecule has 1 heterocycles. The summed E-state index contributed by atoms with van der Waals surface area (Å²) in [5, 5.41) is 0. The number of carbonyl (C=O) groups is 1. The van der Waals surface area contributed by atoms with Crippen LogP contribution < -0.4 is 4.74 Å². The molecule has 0 bridgehead atoms. The standard InChI is InChI=1S/C18H14FNO3/c1-12(21)13-5-7-17(8-6-13)22-10-16-11-23-18(20-16)14-3-2-4-15(19)9-14/h2-9,11H,10H2,1H3. The Morgan fingerprint density at radius 1 is 1.22 bits per heavy atom. The van der Waals surface area contributed by atoms with Crippen molar-refractivity contribution in [1.29, 1.82) is 0 Å². The van der Waals surface area contributed by atoms with E-state index in [-0.39, 0.29) is 18.2 Å². The van der Waals surface area contributed by atoms with Crippen molar-refractivity contribution >= 4 is 5.78 Å². The first-order valence-corrected chi connectivity index (χ1v) is 7.06. The molecule has 0 spiro atoms. The highest BCUT2D eigenvalue weighted by molar-refractivity contribution is 5.94. The summed E-state index contributed by atoms with van der Waals surface area (Å²) in [5.74, 6) is 0.636. The molecule has 0 unspecified atom stereocenters. The zero-order valence-corrected chi connectivity index (χ0v) is 12.5. The number of Topliss-reactive ketones (excluding diaryl/α,β-unsaturated/α-hetero) is 1. The minimum absolute atomic E-state index is 0.00721. The van der Waals surface area contributed by atoms with Gasteiger partial charge in [-0.05, 0) is 49.4 Å². The maximum absolute atomic E-state index is 13.2. The van der Waals surface area contributed by atoms with E-state index < -0.39 is 0 Å². The van der Waals surface area contributed by atoms with Gasteiger partial charge in [0.05, 0.1) is 0 Å². The second kappa shape index (κ2) is 6.44. The molecular weight excluding hydrogens is 297 g/mol. The van der Waals surface area contributed by atoms with Crippen LogP contribution in [-0.2, 0) is 6.61 Å². The Morgan fingerprint density at radius 2 is 2.00 bits per heavy atom. The fourth-order valence-corrected chi connectivity index (χ4v) is 2.07. The van der Waals surface area contributed by atoms with Crippen LogP contribution in [0.1, 0.15) is 23.0 Å². The van der Waals surface area contributed by atoms with Crippen LogP contribution in [-0.4, -0.2) is 10.8 Å². The van der Waals surface area contributed by atoms with Gasteiger partial charge in [0.1, 0.15) is 30.1 Å². The van der Waals surface area contributed by atoms with E-state index in [0.717, 1.165) is 0 Å². The van der Waals surface area contributed by atoms with Gasteiger partial charge >= 0.3 is 0 Å². The third-order valence-electron chi connectivity index (χ3n) is 3.27. The fraction of sp³-hybridized carbons (Fsp3) is 0.111. The number of ether oxygens (including phenoxy) is 1. The van der Waals surface area contributed by atoms with Gasteiger partial charge in [0.15, 0.2) is 5.78 Å². The van der Waals surface area contributed by atoms with E-state index in [1.165, 1.54) is 25.3 Å². The predicted octanol–water partition coefficient (Wildman–Crippen LogP) is 4.26. The van der Waals surface area contributed by atoms with Gasteiger partial charge in [-0.25, -0.2) is 9.37 Å². The average Bonchev–Trinajstić information content (AvgIpc) is 3.02. The molecule has 0 saturated carbocycles. The smallest absolute Gasteiger partial charge is 0.226 e. The molecule has 3 rings (SSSR count). The Labute approximate surface area is 132 Å². The van der Waals surface area contributed by atoms with Crippen molar-refractivity contribution in [3.8, 4) is 17.2 Å². The molecule has 0 atom stereocenters. The van der Waals surface area contributed by atoms with Crippen LogP contribution in [0.15, 0.2) is 59.2 Å². The van der Waals surface area contributed by atoms with Crippen molar-refractivity contribution in [2.45, 2.75) is 13.5 Å². The molecule has 0 N–H and O–H groups in total. The fourth-order valence-electron chi connectivity index (χ4n) is 2.07. The molecule has 4 nitrogen and oxygen atoms in total. The van der Waals surface area contributed by atoms with Gasteiger partial charge in [-0.15, -0.1) is 0 Å². The summed E-state index contributed by atoms with van der Waals surface area (Å²) in [6.45, 7) is 1.73. The summed E-state index contributed by atoms with van der Waals surface area (Å²) >= 11 is 0. The van der Waals surface area contributed by atoms with Gasteiger partial charge in [0, 0.05) is 11.1 Å². The highest BCUT2D eigenvalue weighted by Gasteiger charge is 2.08. The lowest BCUT2D eigenvalue weighted by atomic mass is 10.1. The minimum atomic E-state index is -0.343. The zero-order chi connectivity index (χ0) is 16.2. The first-order valence-electron chi connectivity index (χ1n) is 7.06. The summed E-state index contributed by atoms with van der Waals surface area (Å²) in [6.07, 6.45) is 1.48. The monoisotopic (exact) mass is 311 g/mol. The first kappa shape index (κ1) is 15.0. The van der Waals surface area contributed by atoms with Gasteiger partial charge in [-0.1, -0.05) is 6.07 Å². The van der Waals surface area contributed by atoms with Crippen LogP contribution in [0.2, 0.25) is 0 Å². The predicted molar refractivity (Wildman–Crippen MR) is 82.7 cm³/mol. The van der Waals surface area contributed by atoms with E-state index >= 15 is 0 Å². The van der Waals surface area contributed by atoms with Crippen molar-refractivity contribution in [2.24, 2.45) is 0 Å². The second-order valence-corrected chi connectivity index (χ2v) is 5.02. The summed E-state index contributed by atoms with van der Waals surface area (Å²) in [6, 6.07) is 12.9. The Morgan fingerprint density at radius 3 is 2.70 bits per heavy atom. The molecule has 0 amide bonds. The number of hydrogen-bond donors (Lipinski definition) is 0. The number of benzene rings is 2. The maximum Gasteiger partial charge on any atom is 0.226 e. The number of halogens is 1. The number of ketones is 1. The van der Waals surface area contributed by atoms with Crippen molar-refractivity contribution in [2.75, 3.05) is 0 Å². The lowest BCUT2D eigenvalue weighted by molar-refractivity contribution is 0.101. The number of oxazole rings is 1. The molecule has 2 aromatic carbocycles. The van der Waals surface area contributed by atoms with Gasteiger partial charge in [-0.3, -0.25) is 4.79 Å². The van der Waals surface area contributed by atoms with Gasteiger partial charge in [0.25, 0.3) is 0 Å². The van der Waals surface area contributed by atoms with Gasteiger partial charge < -0.3 is 9.15 Å². The normalized spacial score (nSPS) is 10.5. The van der Waals surface area contributed by atoms with Crippen molar-refractivity contribution in [3.63, 3.8) is 0 Å². The van der Waals surface area contributed by atoms with Crippen LogP contribution in [0.3, 0.4) is 0 Å². The highest BCUT2D eigenvalue weighted by Crippen LogP contribution is 2.20. The molecule has 5 heteroatoms. The molecule has 3 aromatic rings. The Balaban J connectivity index is 1.66. The van der Waals surface area contributed by atoms with Gasteiger partial charge in [0.2, 0.25) is 5.89 Å². The van der Waals surface area contributed by atoms with E-state index in [4.69, 9.17) is 9.15 Å². The number of rotatable bonds is 5. The van der Waals surface area contributed by atoms with E-state index in [1.54, 1.807) is 36.4 Å². The summed E-state index contributed by atoms with van der Waals surface area (Å²) in [5.41, 5.74) is 1.80. The molecule has 116 valence electrons. The first-order chi connectivity index (χ1) is 11.1. The van der Waals surface area contributed by atoms with E-state index in [9.17, 15) is 9.18 Å². The maximum atomic E-state index is 13.2. The average molecular weight is 311 g/mol. The highest BCUT2D eigenvalue weighted by atomic mass is 19.1. The van der Waals surface area contributed by atoms with Crippen molar-refractivity contribution < 1.29 is 18.3 Å². The minimum Gasteiger partial charge on any atom is -0.487 e. The quantitative estimate of drug-likeness (QED) is 0.661. The summed E-state index contributed by atoms with van der Waals surface area (Å²) < 4.78 is 24.1. The number of carbonyl (C=O) groups excluding carboxylic acids is 1. The van der Waals surface area contributed by atoms with E-state index in [2.05, 4.69) is 4.98 Å². The third-order valence-corrected chi connectivity index (χ3v) is 3.27. The van der Waals surface area contributed by atoms with E-state index in [1.807, 2.05) is 0 Å². The topological polar surface area (TPSA) is 52.3 Å². The number of hydrogen-bond acceptors (Lipinski definition) is 4. The molecule has 0 aliphatic heterocycles.